The van der Waals surface area contributed by atoms with Crippen LogP contribution in [-0.4, -0.2) is 16.0 Å². The van der Waals surface area contributed by atoms with E-state index in [1.54, 1.807) is 6.20 Å². The first kappa shape index (κ1) is 14.3. The molecule has 1 fully saturated rings. The molecule has 3 rings (SSSR count). The van der Waals surface area contributed by atoms with Gasteiger partial charge in [-0.3, -0.25) is 9.89 Å². The number of hydrogen-bond acceptors (Lipinski definition) is 3. The van der Waals surface area contributed by atoms with Gasteiger partial charge < -0.3 is 5.32 Å². The molecule has 112 valence electrons. The summed E-state index contributed by atoms with van der Waals surface area (Å²) in [6.45, 7) is 1.94. The molecule has 1 saturated carbocycles. The summed E-state index contributed by atoms with van der Waals surface area (Å²) < 4.78 is 0. The van der Waals surface area contributed by atoms with Gasteiger partial charge in [0.05, 0.1) is 0 Å². The molecule has 0 aliphatic heterocycles. The molecule has 0 radical (unpaired) electrons. The average molecular weight is 293 g/mol. The first-order valence-corrected chi connectivity index (χ1v) is 7.50. The fourth-order valence-electron chi connectivity index (χ4n) is 2.58. The van der Waals surface area contributed by atoms with E-state index in [0.29, 0.717) is 0 Å². The minimum absolute atomic E-state index is 0.134. The van der Waals surface area contributed by atoms with Gasteiger partial charge in [-0.2, -0.15) is 5.10 Å². The molecule has 1 aromatic heterocycles. The summed E-state index contributed by atoms with van der Waals surface area (Å²) in [7, 11) is 0. The molecule has 1 aliphatic rings. The summed E-state index contributed by atoms with van der Waals surface area (Å²) in [5.41, 5.74) is 3.75. The SMILES string of the molecule is Cc1cc(N/C=C2\CCC/C(=C/c3ccccc3)C2=O)n[nH]1. The van der Waals surface area contributed by atoms with E-state index < -0.39 is 0 Å². The van der Waals surface area contributed by atoms with Crippen LogP contribution in [0.25, 0.3) is 6.08 Å². The number of H-pyrrole nitrogens is 1. The highest BCUT2D eigenvalue weighted by molar-refractivity contribution is 6.11. The standard InChI is InChI=1S/C18H19N3O/c1-13-10-17(21-20-13)19-12-16-9-5-8-15(18(16)22)11-14-6-3-2-4-7-14/h2-4,6-7,10-12H,5,8-9H2,1H3,(H2,19,20,21)/b15-11-,16-12+. The number of anilines is 1. The van der Waals surface area contributed by atoms with Crippen LogP contribution in [0, 0.1) is 6.92 Å². The van der Waals surface area contributed by atoms with Gasteiger partial charge in [-0.25, -0.2) is 0 Å². The Kier molecular flexibility index (Phi) is 4.19. The molecule has 4 nitrogen and oxygen atoms in total. The summed E-state index contributed by atoms with van der Waals surface area (Å²) in [6, 6.07) is 11.9. The number of hydrogen-bond donors (Lipinski definition) is 2. The second kappa shape index (κ2) is 6.43. The fraction of sp³-hybridized carbons (Fsp3) is 0.222. The van der Waals surface area contributed by atoms with Crippen LogP contribution in [0.15, 0.2) is 53.7 Å². The van der Waals surface area contributed by atoms with E-state index in [2.05, 4.69) is 15.5 Å². The van der Waals surface area contributed by atoms with Crippen molar-refractivity contribution in [3.05, 3.63) is 65.0 Å². The molecule has 0 atom stereocenters. The van der Waals surface area contributed by atoms with E-state index in [-0.39, 0.29) is 5.78 Å². The lowest BCUT2D eigenvalue weighted by Crippen LogP contribution is -2.13. The quantitative estimate of drug-likeness (QED) is 0.845. The summed E-state index contributed by atoms with van der Waals surface area (Å²) >= 11 is 0. The molecule has 1 aliphatic carbocycles. The van der Waals surface area contributed by atoms with E-state index in [1.807, 2.05) is 49.4 Å². The zero-order valence-corrected chi connectivity index (χ0v) is 12.6. The van der Waals surface area contributed by atoms with E-state index in [9.17, 15) is 4.79 Å². The molecule has 0 spiro atoms. The maximum Gasteiger partial charge on any atom is 0.186 e. The Morgan fingerprint density at radius 1 is 1.18 bits per heavy atom. The minimum Gasteiger partial charge on any atom is -0.345 e. The number of carbonyl (C=O) groups excluding carboxylic acids is 1. The van der Waals surface area contributed by atoms with Gasteiger partial charge >= 0.3 is 0 Å². The number of allylic oxidation sites excluding steroid dienone is 2. The number of rotatable bonds is 3. The molecule has 4 heteroatoms. The largest absolute Gasteiger partial charge is 0.345 e. The van der Waals surface area contributed by atoms with Crippen molar-refractivity contribution in [3.8, 4) is 0 Å². The summed E-state index contributed by atoms with van der Waals surface area (Å²) in [5.74, 6) is 0.867. The van der Waals surface area contributed by atoms with Crippen LogP contribution >= 0.6 is 0 Å². The van der Waals surface area contributed by atoms with Crippen molar-refractivity contribution in [1.82, 2.24) is 10.2 Å². The molecule has 0 saturated heterocycles. The smallest absolute Gasteiger partial charge is 0.186 e. The van der Waals surface area contributed by atoms with E-state index in [0.717, 1.165) is 47.5 Å². The van der Waals surface area contributed by atoms with Gasteiger partial charge in [0, 0.05) is 29.1 Å². The number of Topliss-reactive ketones (excluding diaryl/α,β-unsaturated/α-hetero) is 1. The summed E-state index contributed by atoms with van der Waals surface area (Å²) in [4.78, 5) is 12.6. The third-order valence-electron chi connectivity index (χ3n) is 3.72. The topological polar surface area (TPSA) is 57.8 Å². The van der Waals surface area contributed by atoms with Gasteiger partial charge in [0.25, 0.3) is 0 Å². The van der Waals surface area contributed by atoms with Crippen LogP contribution in [0.5, 0.6) is 0 Å². The van der Waals surface area contributed by atoms with E-state index in [1.165, 1.54) is 0 Å². The number of aryl methyl sites for hydroxylation is 1. The maximum absolute atomic E-state index is 12.6. The Labute approximate surface area is 129 Å². The van der Waals surface area contributed by atoms with Crippen LogP contribution in [0.2, 0.25) is 0 Å². The molecule has 0 amide bonds. The maximum atomic E-state index is 12.6. The van der Waals surface area contributed by atoms with Crippen molar-refractivity contribution in [2.24, 2.45) is 0 Å². The third kappa shape index (κ3) is 3.34. The molecule has 0 unspecified atom stereocenters. The second-order valence-electron chi connectivity index (χ2n) is 5.51. The molecule has 2 N–H and O–H groups in total. The first-order chi connectivity index (χ1) is 10.7. The predicted molar refractivity (Wildman–Crippen MR) is 88.3 cm³/mol. The Morgan fingerprint density at radius 3 is 2.68 bits per heavy atom. The number of aromatic nitrogens is 2. The first-order valence-electron chi connectivity index (χ1n) is 7.50. The Hall–Kier alpha value is -2.62. The Bertz CT molecular complexity index is 726. The van der Waals surface area contributed by atoms with Crippen LogP contribution in [0.3, 0.4) is 0 Å². The lowest BCUT2D eigenvalue weighted by molar-refractivity contribution is -0.112. The number of ketones is 1. The molecular formula is C18H19N3O. The van der Waals surface area contributed by atoms with Crippen molar-refractivity contribution < 1.29 is 4.79 Å². The van der Waals surface area contributed by atoms with Gasteiger partial charge in [0.1, 0.15) is 0 Å². The fourth-order valence-corrected chi connectivity index (χ4v) is 2.58. The van der Waals surface area contributed by atoms with Crippen molar-refractivity contribution in [2.75, 3.05) is 5.32 Å². The monoisotopic (exact) mass is 293 g/mol. The zero-order chi connectivity index (χ0) is 15.4. The molecule has 2 aromatic rings. The second-order valence-corrected chi connectivity index (χ2v) is 5.51. The van der Waals surface area contributed by atoms with Crippen LogP contribution < -0.4 is 5.32 Å². The van der Waals surface area contributed by atoms with Crippen LogP contribution in [-0.2, 0) is 4.79 Å². The van der Waals surface area contributed by atoms with Crippen molar-refractivity contribution in [2.45, 2.75) is 26.2 Å². The summed E-state index contributed by atoms with van der Waals surface area (Å²) in [5, 5.41) is 10.1. The molecule has 1 aromatic carbocycles. The van der Waals surface area contributed by atoms with Crippen LogP contribution in [0.4, 0.5) is 5.82 Å². The zero-order valence-electron chi connectivity index (χ0n) is 12.6. The van der Waals surface area contributed by atoms with Gasteiger partial charge in [0.15, 0.2) is 11.6 Å². The normalized spacial score (nSPS) is 18.9. The van der Waals surface area contributed by atoms with Crippen molar-refractivity contribution in [3.63, 3.8) is 0 Å². The highest BCUT2D eigenvalue weighted by Gasteiger charge is 2.20. The Morgan fingerprint density at radius 2 is 1.95 bits per heavy atom. The van der Waals surface area contributed by atoms with Crippen molar-refractivity contribution >= 4 is 17.7 Å². The van der Waals surface area contributed by atoms with Crippen LogP contribution in [0.1, 0.15) is 30.5 Å². The highest BCUT2D eigenvalue weighted by Crippen LogP contribution is 2.26. The number of nitrogens with zero attached hydrogens (tertiary/aromatic N) is 1. The van der Waals surface area contributed by atoms with Gasteiger partial charge in [-0.1, -0.05) is 30.3 Å². The molecule has 1 heterocycles. The van der Waals surface area contributed by atoms with E-state index in [4.69, 9.17) is 0 Å². The average Bonchev–Trinajstić information content (AvgIpc) is 2.95. The van der Waals surface area contributed by atoms with Crippen molar-refractivity contribution in [1.29, 1.82) is 0 Å². The lowest BCUT2D eigenvalue weighted by atomic mass is 9.88. The number of aromatic amines is 1. The number of carbonyl (C=O) groups is 1. The highest BCUT2D eigenvalue weighted by atomic mass is 16.1. The molecule has 0 bridgehead atoms. The number of nitrogens with one attached hydrogen (secondary N) is 2. The minimum atomic E-state index is 0.134. The summed E-state index contributed by atoms with van der Waals surface area (Å²) in [6.07, 6.45) is 6.43. The third-order valence-corrected chi connectivity index (χ3v) is 3.72. The Balaban J connectivity index is 1.76. The number of benzene rings is 1. The lowest BCUT2D eigenvalue weighted by Gasteiger charge is -2.16. The predicted octanol–water partition coefficient (Wildman–Crippen LogP) is 3.85. The van der Waals surface area contributed by atoms with Gasteiger partial charge in [0.2, 0.25) is 0 Å². The van der Waals surface area contributed by atoms with Gasteiger partial charge in [-0.15, -0.1) is 0 Å². The van der Waals surface area contributed by atoms with E-state index >= 15 is 0 Å². The molecular weight excluding hydrogens is 274 g/mol. The van der Waals surface area contributed by atoms with Gasteiger partial charge in [-0.05, 0) is 37.8 Å². The molecule has 22 heavy (non-hydrogen) atoms.